The second kappa shape index (κ2) is 16.1. The zero-order valence-corrected chi connectivity index (χ0v) is 19.5. The van der Waals surface area contributed by atoms with Crippen LogP contribution >= 0.6 is 0 Å². The molecule has 3 nitrogen and oxygen atoms in total. The highest BCUT2D eigenvalue weighted by Crippen LogP contribution is 2.39. The minimum absolute atomic E-state index is 0. The van der Waals surface area contributed by atoms with E-state index in [1.807, 2.05) is 0 Å². The van der Waals surface area contributed by atoms with Gasteiger partial charge in [-0.1, -0.05) is 102 Å². The van der Waals surface area contributed by atoms with E-state index in [4.69, 9.17) is 0 Å². The molecule has 2 N–H and O–H groups in total. The lowest BCUT2D eigenvalue weighted by molar-refractivity contribution is -0.799. The molecule has 168 valence electrons. The van der Waals surface area contributed by atoms with E-state index in [1.165, 1.54) is 81.9 Å². The zero-order chi connectivity index (χ0) is 19.9. The van der Waals surface area contributed by atoms with Crippen molar-refractivity contribution in [2.75, 3.05) is 26.2 Å². The monoisotopic (exact) mass is 424 g/mol. The smallest absolute Gasteiger partial charge is 0.183 e. The lowest BCUT2D eigenvalue weighted by Gasteiger charge is -2.38. The molecule has 3 atom stereocenters. The first-order chi connectivity index (χ1) is 13.8. The van der Waals surface area contributed by atoms with Crippen LogP contribution in [0.4, 0.5) is 0 Å². The summed E-state index contributed by atoms with van der Waals surface area (Å²) in [6, 6.07) is 0. The van der Waals surface area contributed by atoms with E-state index in [0.717, 1.165) is 26.1 Å². The van der Waals surface area contributed by atoms with Crippen LogP contribution in [-0.4, -0.2) is 37.7 Å². The summed E-state index contributed by atoms with van der Waals surface area (Å²) in [5.74, 6) is 0.560. The Morgan fingerprint density at radius 2 is 1.62 bits per heavy atom. The Hall–Kier alpha value is -0.640. The first-order valence-electron chi connectivity index (χ1n) is 12.1. The van der Waals surface area contributed by atoms with Gasteiger partial charge in [0.25, 0.3) is 0 Å². The minimum atomic E-state index is 0. The van der Waals surface area contributed by atoms with Gasteiger partial charge in [-0.2, -0.15) is 0 Å². The highest BCUT2D eigenvalue weighted by Gasteiger charge is 2.39. The summed E-state index contributed by atoms with van der Waals surface area (Å²) in [7, 11) is 0. The van der Waals surface area contributed by atoms with Crippen LogP contribution in [0, 0.1) is 11.3 Å². The molecule has 0 spiro atoms. The number of rotatable bonds is 16. The molecule has 0 aromatic heterocycles. The van der Waals surface area contributed by atoms with Crippen molar-refractivity contribution in [1.82, 2.24) is 0 Å². The van der Waals surface area contributed by atoms with E-state index in [9.17, 15) is 5.11 Å². The Morgan fingerprint density at radius 1 is 0.966 bits per heavy atom. The highest BCUT2D eigenvalue weighted by molar-refractivity contribution is 5.45. The molecule has 1 aliphatic carbocycles. The van der Waals surface area contributed by atoms with Crippen LogP contribution in [0.3, 0.4) is 0 Å². The van der Waals surface area contributed by atoms with Gasteiger partial charge in [-0.25, -0.2) is 4.99 Å². The largest absolute Gasteiger partial charge is 1.00 e. The number of nitrogens with one attached hydrogen (secondary N) is 1. The van der Waals surface area contributed by atoms with Gasteiger partial charge in [-0.05, 0) is 18.8 Å². The summed E-state index contributed by atoms with van der Waals surface area (Å²) in [4.78, 5) is 5.88. The molecule has 4 heteroatoms. The van der Waals surface area contributed by atoms with E-state index in [1.54, 1.807) is 0 Å². The Balaban J connectivity index is 0.00000420. The van der Waals surface area contributed by atoms with Crippen LogP contribution in [0.2, 0.25) is 0 Å². The Kier molecular flexibility index (Phi) is 14.7. The average molecular weight is 425 g/mol. The van der Waals surface area contributed by atoms with Crippen LogP contribution < -0.4 is 17.3 Å². The normalized spacial score (nSPS) is 25.4. The van der Waals surface area contributed by atoms with Crippen LogP contribution in [0.25, 0.3) is 0 Å². The van der Waals surface area contributed by atoms with Crippen LogP contribution in [0.5, 0.6) is 0 Å². The average Bonchev–Trinajstić information content (AvgIpc) is 3.20. The van der Waals surface area contributed by atoms with Crippen molar-refractivity contribution in [3.05, 3.63) is 24.3 Å². The van der Waals surface area contributed by atoms with Crippen molar-refractivity contribution in [2.45, 2.75) is 90.4 Å². The molecule has 2 rings (SSSR count). The van der Waals surface area contributed by atoms with Gasteiger partial charge >= 0.3 is 0 Å². The first-order valence-corrected chi connectivity index (χ1v) is 12.1. The number of nitrogens with zero attached hydrogens (tertiary/aromatic N) is 1. The predicted octanol–water partition coefficient (Wildman–Crippen LogP) is 1.73. The number of hydrogen-bond acceptors (Lipinski definition) is 2. The summed E-state index contributed by atoms with van der Waals surface area (Å²) in [6.07, 6.45) is 28.8. The fraction of sp³-hybridized carbons (Fsp3) is 0.800. The van der Waals surface area contributed by atoms with E-state index in [-0.39, 0.29) is 24.4 Å². The first kappa shape index (κ1) is 26.4. The number of aliphatic hydroxyl groups excluding tert-OH is 1. The van der Waals surface area contributed by atoms with Crippen molar-refractivity contribution in [3.8, 4) is 0 Å². The lowest BCUT2D eigenvalue weighted by atomic mass is 9.68. The third-order valence-corrected chi connectivity index (χ3v) is 6.71. The molecule has 0 saturated heterocycles. The van der Waals surface area contributed by atoms with Crippen molar-refractivity contribution >= 4 is 6.34 Å². The van der Waals surface area contributed by atoms with E-state index < -0.39 is 0 Å². The lowest BCUT2D eigenvalue weighted by Crippen LogP contribution is -3.11. The van der Waals surface area contributed by atoms with Gasteiger partial charge in [-0.3, -0.25) is 4.90 Å². The molecule has 0 radical (unpaired) electrons. The van der Waals surface area contributed by atoms with Gasteiger partial charge in [0.05, 0.1) is 13.1 Å². The Morgan fingerprint density at radius 3 is 2.21 bits per heavy atom. The Bertz CT molecular complexity index is 491. The van der Waals surface area contributed by atoms with Crippen LogP contribution in [-0.2, 0) is 0 Å². The molecule has 0 aromatic carbocycles. The van der Waals surface area contributed by atoms with E-state index >= 15 is 0 Å². The molecule has 0 amide bonds. The fourth-order valence-corrected chi connectivity index (χ4v) is 4.95. The number of aliphatic imine (C=N–C) groups is 1. The second-order valence-electron chi connectivity index (χ2n) is 9.00. The fourth-order valence-electron chi connectivity index (χ4n) is 4.95. The number of allylic oxidation sites excluding steroid dienone is 3. The van der Waals surface area contributed by atoms with Crippen molar-refractivity contribution in [2.24, 2.45) is 16.3 Å². The number of quaternary nitrogens is 1. The second-order valence-corrected chi connectivity index (χ2v) is 9.00. The van der Waals surface area contributed by atoms with Crippen molar-refractivity contribution in [1.29, 1.82) is 0 Å². The van der Waals surface area contributed by atoms with Crippen molar-refractivity contribution < 1.29 is 22.4 Å². The molecule has 3 unspecified atom stereocenters. The van der Waals surface area contributed by atoms with E-state index in [0.29, 0.717) is 5.92 Å². The maximum absolute atomic E-state index is 9.73. The SMILES string of the molecule is CCCCCCCCCCCCCC1C=CC=CC1(CCO)C[NH+]1C=NCC1.[Cl-]. The number of unbranched alkanes of at least 4 members (excludes halogenated alkanes) is 10. The standard InChI is InChI=1S/C25H44N2O.ClH/c1-2-3-4-5-6-7-8-9-10-11-12-15-24-16-13-14-17-25(24,18-21-28)22-27-20-19-26-23-27;/h13-14,16-17,23-24,28H,2-12,15,18-22H2,1H3;1H. The molecule has 0 bridgehead atoms. The predicted molar refractivity (Wildman–Crippen MR) is 121 cm³/mol. The maximum Gasteiger partial charge on any atom is 0.183 e. The summed E-state index contributed by atoms with van der Waals surface area (Å²) in [5.41, 5.74) is 0.105. The van der Waals surface area contributed by atoms with Gasteiger partial charge in [-0.15, -0.1) is 0 Å². The van der Waals surface area contributed by atoms with E-state index in [2.05, 4.69) is 42.6 Å². The molecule has 2 aliphatic rings. The number of hydrogen-bond donors (Lipinski definition) is 2. The zero-order valence-electron chi connectivity index (χ0n) is 18.8. The molecule has 29 heavy (non-hydrogen) atoms. The third kappa shape index (κ3) is 9.81. The van der Waals surface area contributed by atoms with Gasteiger partial charge in [0.15, 0.2) is 6.34 Å². The number of halogens is 1. The summed E-state index contributed by atoms with van der Waals surface area (Å²) in [6.45, 7) is 5.69. The maximum atomic E-state index is 9.73. The quantitative estimate of drug-likeness (QED) is 0.364. The molecule has 1 aliphatic heterocycles. The van der Waals surface area contributed by atoms with Gasteiger partial charge in [0.1, 0.15) is 6.54 Å². The summed E-state index contributed by atoms with van der Waals surface area (Å²) < 4.78 is 0. The van der Waals surface area contributed by atoms with Crippen molar-refractivity contribution in [3.63, 3.8) is 0 Å². The minimum Gasteiger partial charge on any atom is -1.00 e. The third-order valence-electron chi connectivity index (χ3n) is 6.71. The van der Waals surface area contributed by atoms with Crippen LogP contribution in [0.15, 0.2) is 29.3 Å². The molecular formula is C25H45ClN2O. The summed E-state index contributed by atoms with van der Waals surface area (Å²) in [5, 5.41) is 9.73. The molecular weight excluding hydrogens is 380 g/mol. The molecule has 0 fully saturated rings. The van der Waals surface area contributed by atoms with Gasteiger partial charge in [0, 0.05) is 12.0 Å². The topological polar surface area (TPSA) is 37.0 Å². The Labute approximate surface area is 186 Å². The number of aliphatic hydroxyl groups is 1. The highest BCUT2D eigenvalue weighted by atomic mass is 35.5. The van der Waals surface area contributed by atoms with Gasteiger partial charge < -0.3 is 17.5 Å². The molecule has 0 saturated carbocycles. The van der Waals surface area contributed by atoms with Gasteiger partial charge in [0.2, 0.25) is 0 Å². The summed E-state index contributed by atoms with van der Waals surface area (Å²) >= 11 is 0. The molecule has 0 aromatic rings. The molecule has 1 heterocycles. The van der Waals surface area contributed by atoms with Crippen LogP contribution in [0.1, 0.15) is 90.4 Å².